The maximum absolute atomic E-state index is 12.1. The number of nitrogens with one attached hydrogen (secondary N) is 2. The molecule has 2 N–H and O–H groups in total. The summed E-state index contributed by atoms with van der Waals surface area (Å²) in [5.74, 6) is 0. The van der Waals surface area contributed by atoms with Gasteiger partial charge in [0.15, 0.2) is 4.90 Å². The number of hydrogen-bond donors (Lipinski definition) is 2. The monoisotopic (exact) mass is 299 g/mol. The molecule has 0 radical (unpaired) electrons. The highest BCUT2D eigenvalue weighted by atomic mass is 32.2. The first-order chi connectivity index (χ1) is 9.50. The predicted molar refractivity (Wildman–Crippen MR) is 73.9 cm³/mol. The van der Waals surface area contributed by atoms with E-state index in [-0.39, 0.29) is 11.4 Å². The van der Waals surface area contributed by atoms with Crippen molar-refractivity contribution in [2.45, 2.75) is 30.2 Å². The summed E-state index contributed by atoms with van der Waals surface area (Å²) in [5.41, 5.74) is -0.404. The molecule has 0 saturated carbocycles. The summed E-state index contributed by atoms with van der Waals surface area (Å²) in [4.78, 5) is 9.88. The van der Waals surface area contributed by atoms with Crippen LogP contribution in [0.25, 0.3) is 0 Å². The molecule has 1 fully saturated rings. The van der Waals surface area contributed by atoms with Crippen LogP contribution in [0.2, 0.25) is 0 Å². The summed E-state index contributed by atoms with van der Waals surface area (Å²) in [7, 11) is -3.85. The number of benzene rings is 1. The van der Waals surface area contributed by atoms with E-state index in [1.54, 1.807) is 0 Å². The zero-order valence-corrected chi connectivity index (χ0v) is 11.7. The summed E-state index contributed by atoms with van der Waals surface area (Å²) in [6, 6.07) is 5.67. The van der Waals surface area contributed by atoms with Gasteiger partial charge in [-0.25, -0.2) is 13.1 Å². The highest BCUT2D eigenvalue weighted by Crippen LogP contribution is 2.22. The van der Waals surface area contributed by atoms with E-state index >= 15 is 0 Å². The number of rotatable bonds is 6. The van der Waals surface area contributed by atoms with Crippen molar-refractivity contribution in [1.29, 1.82) is 0 Å². The normalized spacial score (nSPS) is 19.1. The van der Waals surface area contributed by atoms with Crippen molar-refractivity contribution >= 4 is 15.7 Å². The minimum Gasteiger partial charge on any atom is -0.314 e. The van der Waals surface area contributed by atoms with Crippen molar-refractivity contribution in [1.82, 2.24) is 10.0 Å². The van der Waals surface area contributed by atoms with Crippen molar-refractivity contribution in [3.63, 3.8) is 0 Å². The van der Waals surface area contributed by atoms with Crippen LogP contribution in [0.4, 0.5) is 5.69 Å². The third-order valence-corrected chi connectivity index (χ3v) is 4.81. The summed E-state index contributed by atoms with van der Waals surface area (Å²) in [5, 5.41) is 14.1. The summed E-state index contributed by atoms with van der Waals surface area (Å²) < 4.78 is 26.6. The molecule has 1 aliphatic rings. The molecule has 1 aliphatic heterocycles. The molecule has 0 amide bonds. The van der Waals surface area contributed by atoms with Crippen LogP contribution in [0.1, 0.15) is 19.3 Å². The second-order valence-electron chi connectivity index (χ2n) is 4.70. The van der Waals surface area contributed by atoms with Crippen LogP contribution in [-0.4, -0.2) is 32.5 Å². The van der Waals surface area contributed by atoms with Gasteiger partial charge in [0.2, 0.25) is 10.0 Å². The van der Waals surface area contributed by atoms with E-state index in [9.17, 15) is 18.5 Å². The predicted octanol–water partition coefficient (Wildman–Crippen LogP) is 1.02. The van der Waals surface area contributed by atoms with Crippen molar-refractivity contribution in [2.24, 2.45) is 0 Å². The summed E-state index contributed by atoms with van der Waals surface area (Å²) in [6.07, 6.45) is 2.81. The molecule has 1 saturated heterocycles. The average molecular weight is 299 g/mol. The Bertz CT molecular complexity index is 582. The lowest BCUT2D eigenvalue weighted by molar-refractivity contribution is -0.387. The molecule has 0 spiro atoms. The van der Waals surface area contributed by atoms with Gasteiger partial charge >= 0.3 is 0 Å². The molecule has 0 bridgehead atoms. The Balaban J connectivity index is 2.04. The van der Waals surface area contributed by atoms with E-state index in [0.717, 1.165) is 19.4 Å². The first-order valence-corrected chi connectivity index (χ1v) is 7.95. The quantitative estimate of drug-likeness (QED) is 0.603. The van der Waals surface area contributed by atoms with Gasteiger partial charge in [-0.3, -0.25) is 10.1 Å². The first-order valence-electron chi connectivity index (χ1n) is 6.47. The molecule has 0 aliphatic carbocycles. The van der Waals surface area contributed by atoms with Crippen LogP contribution >= 0.6 is 0 Å². The summed E-state index contributed by atoms with van der Waals surface area (Å²) in [6.45, 7) is 1.23. The second kappa shape index (κ2) is 6.29. The molecule has 7 nitrogen and oxygen atoms in total. The lowest BCUT2D eigenvalue weighted by Crippen LogP contribution is -2.30. The van der Waals surface area contributed by atoms with Gasteiger partial charge in [0.25, 0.3) is 5.69 Å². The van der Waals surface area contributed by atoms with Gasteiger partial charge < -0.3 is 5.32 Å². The molecule has 1 unspecified atom stereocenters. The van der Waals surface area contributed by atoms with E-state index in [0.29, 0.717) is 12.5 Å². The maximum Gasteiger partial charge on any atom is 0.289 e. The molecule has 1 aromatic rings. The van der Waals surface area contributed by atoms with E-state index in [2.05, 4.69) is 10.0 Å². The van der Waals surface area contributed by atoms with Crippen molar-refractivity contribution in [2.75, 3.05) is 13.1 Å². The van der Waals surface area contributed by atoms with Crippen LogP contribution in [0.3, 0.4) is 0 Å². The molecule has 1 aromatic carbocycles. The Kier molecular flexibility index (Phi) is 4.69. The third kappa shape index (κ3) is 3.53. The Morgan fingerprint density at radius 1 is 1.40 bits per heavy atom. The molecule has 2 rings (SSSR count). The zero-order valence-electron chi connectivity index (χ0n) is 10.9. The van der Waals surface area contributed by atoms with Crippen molar-refractivity contribution in [3.05, 3.63) is 34.4 Å². The average Bonchev–Trinajstić information content (AvgIpc) is 2.91. The number of nitrogens with zero attached hydrogens (tertiary/aromatic N) is 1. The number of nitro benzene ring substituents is 1. The van der Waals surface area contributed by atoms with Crippen molar-refractivity contribution in [3.8, 4) is 0 Å². The van der Waals surface area contributed by atoms with Gasteiger partial charge in [-0.05, 0) is 31.9 Å². The van der Waals surface area contributed by atoms with Crippen LogP contribution in [0.5, 0.6) is 0 Å². The van der Waals surface area contributed by atoms with Crippen molar-refractivity contribution < 1.29 is 13.3 Å². The SMILES string of the molecule is O=[N+]([O-])c1ccccc1S(=O)(=O)NCCC1CCCN1. The topological polar surface area (TPSA) is 101 Å². The fourth-order valence-corrected chi connectivity index (χ4v) is 3.50. The Morgan fingerprint density at radius 2 is 2.15 bits per heavy atom. The number of hydrogen-bond acceptors (Lipinski definition) is 5. The number of sulfonamides is 1. The molecule has 0 aromatic heterocycles. The molecular weight excluding hydrogens is 282 g/mol. The fourth-order valence-electron chi connectivity index (χ4n) is 2.28. The minimum atomic E-state index is -3.85. The Morgan fingerprint density at radius 3 is 2.80 bits per heavy atom. The fraction of sp³-hybridized carbons (Fsp3) is 0.500. The molecule has 8 heteroatoms. The maximum atomic E-state index is 12.1. The lowest BCUT2D eigenvalue weighted by atomic mass is 10.2. The van der Waals surface area contributed by atoms with Crippen LogP contribution in [0.15, 0.2) is 29.2 Å². The van der Waals surface area contributed by atoms with E-state index in [1.807, 2.05) is 0 Å². The van der Waals surface area contributed by atoms with Gasteiger partial charge in [0.05, 0.1) is 4.92 Å². The second-order valence-corrected chi connectivity index (χ2v) is 6.44. The molecule has 1 atom stereocenters. The van der Waals surface area contributed by atoms with Gasteiger partial charge in [0, 0.05) is 18.7 Å². The van der Waals surface area contributed by atoms with Gasteiger partial charge in [-0.15, -0.1) is 0 Å². The van der Waals surface area contributed by atoms with Crippen LogP contribution < -0.4 is 10.0 Å². The van der Waals surface area contributed by atoms with E-state index in [4.69, 9.17) is 0 Å². The number of para-hydroxylation sites is 1. The standard InChI is InChI=1S/C12H17N3O4S/c16-15(17)11-5-1-2-6-12(11)20(18,19)14-9-7-10-4-3-8-13-10/h1-2,5-6,10,13-14H,3-4,7-9H2. The van der Waals surface area contributed by atoms with Crippen LogP contribution in [-0.2, 0) is 10.0 Å². The molecule has 20 heavy (non-hydrogen) atoms. The first kappa shape index (κ1) is 14.9. The van der Waals surface area contributed by atoms with Crippen LogP contribution in [0, 0.1) is 10.1 Å². The lowest BCUT2D eigenvalue weighted by Gasteiger charge is -2.11. The molecule has 1 heterocycles. The molecular formula is C12H17N3O4S. The summed E-state index contributed by atoms with van der Waals surface area (Å²) >= 11 is 0. The molecule has 110 valence electrons. The zero-order chi connectivity index (χ0) is 14.6. The van der Waals surface area contributed by atoms with Gasteiger partial charge in [-0.1, -0.05) is 12.1 Å². The number of nitro groups is 1. The highest BCUT2D eigenvalue weighted by Gasteiger charge is 2.25. The Hall–Kier alpha value is -1.51. The smallest absolute Gasteiger partial charge is 0.289 e. The third-order valence-electron chi connectivity index (χ3n) is 3.30. The van der Waals surface area contributed by atoms with E-state index < -0.39 is 20.6 Å². The van der Waals surface area contributed by atoms with Gasteiger partial charge in [-0.2, -0.15) is 0 Å². The largest absolute Gasteiger partial charge is 0.314 e. The van der Waals surface area contributed by atoms with E-state index in [1.165, 1.54) is 24.3 Å². The minimum absolute atomic E-state index is 0.270. The van der Waals surface area contributed by atoms with Gasteiger partial charge in [0.1, 0.15) is 0 Å². The highest BCUT2D eigenvalue weighted by molar-refractivity contribution is 7.89. The Labute approximate surface area is 117 Å².